The molecule has 0 radical (unpaired) electrons. The normalized spacial score (nSPS) is 58.7. The van der Waals surface area contributed by atoms with Crippen LogP contribution in [0.5, 0.6) is 0 Å². The van der Waals surface area contributed by atoms with Crippen molar-refractivity contribution < 1.29 is 56.8 Å². The number of rotatable bonds is 3. The van der Waals surface area contributed by atoms with Crippen LogP contribution in [0.4, 0.5) is 0 Å². The van der Waals surface area contributed by atoms with Gasteiger partial charge in [0, 0.05) is 0 Å². The van der Waals surface area contributed by atoms with Gasteiger partial charge in [-0.3, -0.25) is 0 Å². The molecule has 0 bridgehead atoms. The van der Waals surface area contributed by atoms with Crippen LogP contribution in [-0.2, 0) is 9.47 Å². The molecule has 0 aromatic heterocycles. The molecule has 0 aromatic carbocycles. The lowest BCUT2D eigenvalue weighted by atomic mass is 9.83. The lowest BCUT2D eigenvalue weighted by molar-refractivity contribution is -0.406. The fourth-order valence-corrected chi connectivity index (χ4v) is 2.66. The van der Waals surface area contributed by atoms with Gasteiger partial charge in [-0.15, -0.1) is 0 Å². The quantitative estimate of drug-likeness (QED) is 0.236. The average Bonchev–Trinajstić information content (AvgIpc) is 2.57. The minimum atomic E-state index is -3.22. The van der Waals surface area contributed by atoms with Crippen molar-refractivity contribution in [1.29, 1.82) is 0 Å². The van der Waals surface area contributed by atoms with E-state index in [0.717, 1.165) is 0 Å². The molecule has 11 nitrogen and oxygen atoms in total. The van der Waals surface area contributed by atoms with Crippen LogP contribution in [0.1, 0.15) is 1.37 Å². The summed E-state index contributed by atoms with van der Waals surface area (Å²) in [7, 11) is 0. The molecule has 23 heavy (non-hydrogen) atoms. The molecule has 11 heteroatoms. The Morgan fingerprint density at radius 1 is 0.783 bits per heavy atom. The zero-order valence-electron chi connectivity index (χ0n) is 12.9. The first-order chi connectivity index (χ1) is 11.0. The number of ether oxygens (including phenoxy) is 2. The molecule has 0 aliphatic carbocycles. The summed E-state index contributed by atoms with van der Waals surface area (Å²) in [6.45, 7) is -1.83. The summed E-state index contributed by atoms with van der Waals surface area (Å²) in [5, 5.41) is 88.1. The van der Waals surface area contributed by atoms with E-state index >= 15 is 0 Å². The Balaban J connectivity index is 2.45. The fraction of sp³-hybridized carbons (Fsp3) is 1.00. The maximum absolute atomic E-state index is 10.6. The van der Waals surface area contributed by atoms with Crippen LogP contribution in [0.3, 0.4) is 0 Å². The van der Waals surface area contributed by atoms with Gasteiger partial charge >= 0.3 is 0 Å². The third-order valence-corrected chi connectivity index (χ3v) is 4.10. The monoisotopic (exact) mass is 343 g/mol. The van der Waals surface area contributed by atoms with Crippen molar-refractivity contribution in [2.45, 2.75) is 60.7 Å². The summed E-state index contributed by atoms with van der Waals surface area (Å²) in [5.41, 5.74) is 0. The predicted molar refractivity (Wildman–Crippen MR) is 68.7 cm³/mol. The Kier molecular flexibility index (Phi) is 5.15. The van der Waals surface area contributed by atoms with Gasteiger partial charge in [0.05, 0.1) is 14.6 Å². The number of hydrogen-bond donors (Lipinski definition) is 9. The van der Waals surface area contributed by atoms with E-state index in [9.17, 15) is 35.7 Å². The van der Waals surface area contributed by atoms with Gasteiger partial charge in [0.15, 0.2) is 0 Å². The molecule has 0 amide bonds. The van der Waals surface area contributed by atoms with Gasteiger partial charge < -0.3 is 55.4 Å². The average molecular weight is 343 g/mol. The second-order valence-corrected chi connectivity index (χ2v) is 5.59. The molecular formula is C12H22O11. The van der Waals surface area contributed by atoms with Crippen LogP contribution in [-0.4, -0.2) is 120 Å². The molecule has 0 saturated carbocycles. The zero-order valence-corrected chi connectivity index (χ0v) is 11.9. The minimum absolute atomic E-state index is 0.910. The molecule has 2 aliphatic heterocycles. The highest BCUT2D eigenvalue weighted by Gasteiger charge is 2.62. The first-order valence-corrected chi connectivity index (χ1v) is 6.93. The minimum Gasteiger partial charge on any atom is -0.394 e. The molecule has 0 aromatic rings. The number of hydrogen-bond acceptors (Lipinski definition) is 11. The fourth-order valence-electron chi connectivity index (χ4n) is 2.66. The summed E-state index contributed by atoms with van der Waals surface area (Å²) >= 11 is 0. The number of aliphatic hydroxyl groups is 9. The molecule has 2 fully saturated rings. The lowest BCUT2D eigenvalue weighted by Gasteiger charge is -2.52. The van der Waals surface area contributed by atoms with E-state index in [0.29, 0.717) is 0 Å². The van der Waals surface area contributed by atoms with Gasteiger partial charge in [-0.25, -0.2) is 0 Å². The Labute approximate surface area is 132 Å². The van der Waals surface area contributed by atoms with Crippen LogP contribution >= 0.6 is 0 Å². The Morgan fingerprint density at radius 2 is 1.30 bits per heavy atom. The van der Waals surface area contributed by atoms with Gasteiger partial charge in [0.1, 0.15) is 54.9 Å². The van der Waals surface area contributed by atoms with Crippen molar-refractivity contribution in [1.82, 2.24) is 0 Å². The number of aliphatic hydroxyl groups excluding tert-OH is 8. The lowest BCUT2D eigenvalue weighted by Crippen LogP contribution is -2.75. The maximum Gasteiger partial charge on any atom is 0.225 e. The highest BCUT2D eigenvalue weighted by Crippen LogP contribution is 2.37. The van der Waals surface area contributed by atoms with E-state index in [2.05, 4.69) is 0 Å². The molecule has 2 saturated heterocycles. The van der Waals surface area contributed by atoms with Crippen molar-refractivity contribution in [3.8, 4) is 0 Å². The standard InChI is InChI=1S/C12H22O11/c13-1-3-5(15)7(17)9(19)11(22-3)12(21)10(20)8(18)6(16)4(2-14)23-12/h3-11,13-21H,1-2H2/t3-,4-,5-,6-,7+,8+,9+,10+,11?,12?/m1/s1/i11D. The van der Waals surface area contributed by atoms with Gasteiger partial charge in [-0.05, 0) is 0 Å². The van der Waals surface area contributed by atoms with Gasteiger partial charge in [0.2, 0.25) is 5.79 Å². The van der Waals surface area contributed by atoms with E-state index in [1.54, 1.807) is 0 Å². The molecule has 2 aliphatic rings. The summed E-state index contributed by atoms with van der Waals surface area (Å²) in [6, 6.07) is 0. The Morgan fingerprint density at radius 3 is 1.83 bits per heavy atom. The third-order valence-electron chi connectivity index (χ3n) is 4.10. The highest BCUT2D eigenvalue weighted by molar-refractivity contribution is 5.05. The Bertz CT molecular complexity index is 411. The van der Waals surface area contributed by atoms with Crippen LogP contribution in [0.25, 0.3) is 0 Å². The van der Waals surface area contributed by atoms with Gasteiger partial charge in [-0.1, -0.05) is 0 Å². The molecule has 2 rings (SSSR count). The molecule has 10 atom stereocenters. The molecule has 2 unspecified atom stereocenters. The molecule has 9 N–H and O–H groups in total. The maximum atomic E-state index is 10.6. The topological polar surface area (TPSA) is 201 Å². The third kappa shape index (κ3) is 2.99. The van der Waals surface area contributed by atoms with Crippen molar-refractivity contribution in [3.63, 3.8) is 0 Å². The van der Waals surface area contributed by atoms with Crippen molar-refractivity contribution >= 4 is 0 Å². The molecular weight excluding hydrogens is 320 g/mol. The largest absolute Gasteiger partial charge is 0.394 e. The van der Waals surface area contributed by atoms with Crippen LogP contribution < -0.4 is 0 Å². The Hall–Kier alpha value is -0.440. The summed E-state index contributed by atoms with van der Waals surface area (Å²) in [4.78, 5) is 0. The van der Waals surface area contributed by atoms with Crippen LogP contribution in [0.15, 0.2) is 0 Å². The van der Waals surface area contributed by atoms with E-state index in [1.165, 1.54) is 0 Å². The van der Waals surface area contributed by atoms with E-state index in [4.69, 9.17) is 21.1 Å². The second-order valence-electron chi connectivity index (χ2n) is 5.59. The SMILES string of the molecule is [2H]C1(C2(O)O[C@H](CO)[C@@H](O)[C@H](O)[C@@H]2O)O[C@H](CO)[C@@H](O)[C@H](O)[C@@H]1O. The predicted octanol–water partition coefficient (Wildman–Crippen LogP) is -6.01. The van der Waals surface area contributed by atoms with Crippen molar-refractivity contribution in [3.05, 3.63) is 0 Å². The van der Waals surface area contributed by atoms with E-state index in [-0.39, 0.29) is 0 Å². The van der Waals surface area contributed by atoms with E-state index < -0.39 is 73.9 Å². The smallest absolute Gasteiger partial charge is 0.225 e. The highest BCUT2D eigenvalue weighted by atomic mass is 16.7. The van der Waals surface area contributed by atoms with Crippen LogP contribution in [0, 0.1) is 0 Å². The molecule has 136 valence electrons. The zero-order chi connectivity index (χ0) is 18.4. The molecule has 0 spiro atoms. The van der Waals surface area contributed by atoms with Gasteiger partial charge in [0.25, 0.3) is 0 Å². The van der Waals surface area contributed by atoms with Gasteiger partial charge in [-0.2, -0.15) is 0 Å². The van der Waals surface area contributed by atoms with Crippen LogP contribution in [0.2, 0.25) is 0 Å². The molecule has 2 heterocycles. The summed E-state index contributed by atoms with van der Waals surface area (Å²) in [5.74, 6) is -3.22. The first-order valence-electron chi connectivity index (χ1n) is 7.43. The van der Waals surface area contributed by atoms with Crippen molar-refractivity contribution in [2.75, 3.05) is 13.2 Å². The second kappa shape index (κ2) is 6.82. The summed E-state index contributed by atoms with van der Waals surface area (Å²) in [6.07, 6.45) is -18.9. The summed E-state index contributed by atoms with van der Waals surface area (Å²) < 4.78 is 18.0. The van der Waals surface area contributed by atoms with Crippen molar-refractivity contribution in [2.24, 2.45) is 0 Å². The van der Waals surface area contributed by atoms with E-state index in [1.807, 2.05) is 0 Å². The first kappa shape index (κ1) is 17.4.